The number of nitrogens with one attached hydrogen (secondary N) is 1. The van der Waals surface area contributed by atoms with Crippen LogP contribution in [0.15, 0.2) is 18.2 Å². The predicted molar refractivity (Wildman–Crippen MR) is 151 cm³/mol. The van der Waals surface area contributed by atoms with Crippen molar-refractivity contribution in [2.45, 2.75) is 25.7 Å². The van der Waals surface area contributed by atoms with E-state index in [0.717, 1.165) is 38.2 Å². The zero-order chi connectivity index (χ0) is 28.4. The Morgan fingerprint density at radius 2 is 1.18 bits per heavy atom. The molecule has 2 rings (SSSR count). The van der Waals surface area contributed by atoms with Crippen LogP contribution in [-0.2, 0) is 38.0 Å². The van der Waals surface area contributed by atoms with E-state index in [1.165, 1.54) is 0 Å². The number of hydrogen-bond acceptors (Lipinski definition) is 10. The Morgan fingerprint density at radius 1 is 0.650 bits per heavy atom. The fourth-order valence-electron chi connectivity index (χ4n) is 3.45. The lowest BCUT2D eigenvalue weighted by Gasteiger charge is -2.15. The summed E-state index contributed by atoms with van der Waals surface area (Å²) in [4.78, 5) is 12.3. The first-order chi connectivity index (χ1) is 19.8. The van der Waals surface area contributed by atoms with Gasteiger partial charge in [0.15, 0.2) is 11.5 Å². The van der Waals surface area contributed by atoms with Gasteiger partial charge in [0.2, 0.25) is 5.91 Å². The average molecular weight is 592 g/mol. The minimum absolute atomic E-state index is 0.0925. The number of alkyl halides is 1. The predicted octanol–water partition coefficient (Wildman–Crippen LogP) is 3.31. The maximum Gasteiger partial charge on any atom is 0.250 e. The van der Waals surface area contributed by atoms with Crippen molar-refractivity contribution in [3.05, 3.63) is 18.2 Å². The standard InChI is InChI=1S/C28H46ClNO10/c29-7-3-1-2-4-8-32-9-10-33-11-12-35-17-18-38-24-28(31)30-25-5-6-26-27(23-25)40-22-20-37-16-14-34-13-15-36-19-21-39-26/h5-6,23H,1-4,7-22,24H2,(H,30,31). The summed E-state index contributed by atoms with van der Waals surface area (Å²) >= 11 is 5.65. The Bertz CT molecular complexity index is 758. The van der Waals surface area contributed by atoms with Crippen LogP contribution in [0, 0.1) is 0 Å². The van der Waals surface area contributed by atoms with Crippen LogP contribution in [0.2, 0.25) is 0 Å². The van der Waals surface area contributed by atoms with E-state index < -0.39 is 0 Å². The van der Waals surface area contributed by atoms with Crippen LogP contribution in [-0.4, -0.2) is 117 Å². The molecule has 1 amide bonds. The second-order valence-corrected chi connectivity index (χ2v) is 9.11. The smallest absolute Gasteiger partial charge is 0.250 e. The molecule has 0 atom stereocenters. The number of rotatable bonds is 18. The molecule has 0 unspecified atom stereocenters. The molecule has 0 saturated heterocycles. The van der Waals surface area contributed by atoms with E-state index in [0.29, 0.717) is 110 Å². The highest BCUT2D eigenvalue weighted by Gasteiger charge is 2.10. The summed E-state index contributed by atoms with van der Waals surface area (Å²) in [7, 11) is 0. The fraction of sp³-hybridized carbons (Fsp3) is 0.750. The third kappa shape index (κ3) is 18.6. The third-order valence-electron chi connectivity index (χ3n) is 5.46. The van der Waals surface area contributed by atoms with E-state index in [1.807, 2.05) is 0 Å². The summed E-state index contributed by atoms with van der Waals surface area (Å²) in [5.41, 5.74) is 0.572. The molecule has 11 nitrogen and oxygen atoms in total. The molecule has 0 aromatic heterocycles. The Labute approximate surface area is 242 Å². The number of halogens is 1. The zero-order valence-corrected chi connectivity index (χ0v) is 24.3. The first-order valence-electron chi connectivity index (χ1n) is 14.1. The number of benzene rings is 1. The van der Waals surface area contributed by atoms with Gasteiger partial charge in [0, 0.05) is 24.2 Å². The zero-order valence-electron chi connectivity index (χ0n) is 23.5. The van der Waals surface area contributed by atoms with Crippen molar-refractivity contribution in [2.24, 2.45) is 0 Å². The van der Waals surface area contributed by atoms with Crippen LogP contribution in [0.5, 0.6) is 11.5 Å². The summed E-state index contributed by atoms with van der Waals surface area (Å²) in [6.45, 7) is 6.91. The van der Waals surface area contributed by atoms with Crippen LogP contribution in [0.3, 0.4) is 0 Å². The number of fused-ring (bicyclic) bond motifs is 1. The van der Waals surface area contributed by atoms with Gasteiger partial charge in [-0.3, -0.25) is 4.79 Å². The van der Waals surface area contributed by atoms with Crippen LogP contribution in [0.1, 0.15) is 25.7 Å². The summed E-state index contributed by atoms with van der Waals surface area (Å²) in [6.07, 6.45) is 4.42. The monoisotopic (exact) mass is 591 g/mol. The Kier molecular flexibility index (Phi) is 21.6. The largest absolute Gasteiger partial charge is 0.487 e. The van der Waals surface area contributed by atoms with E-state index in [2.05, 4.69) is 5.32 Å². The van der Waals surface area contributed by atoms with Gasteiger partial charge in [-0.05, 0) is 25.0 Å². The minimum Gasteiger partial charge on any atom is -0.487 e. The number of amides is 1. The van der Waals surface area contributed by atoms with Crippen molar-refractivity contribution < 1.29 is 47.4 Å². The molecule has 1 heterocycles. The van der Waals surface area contributed by atoms with E-state index in [-0.39, 0.29) is 12.5 Å². The van der Waals surface area contributed by atoms with Gasteiger partial charge in [-0.2, -0.15) is 0 Å². The first-order valence-corrected chi connectivity index (χ1v) is 14.6. The van der Waals surface area contributed by atoms with Gasteiger partial charge in [-0.1, -0.05) is 12.8 Å². The number of carbonyl (C=O) groups is 1. The van der Waals surface area contributed by atoms with Gasteiger partial charge in [0.25, 0.3) is 0 Å². The molecule has 12 heteroatoms. The Morgan fingerprint density at radius 3 is 1.80 bits per heavy atom. The Hall–Kier alpha value is -1.70. The number of anilines is 1. The molecule has 0 bridgehead atoms. The second-order valence-electron chi connectivity index (χ2n) is 8.74. The highest BCUT2D eigenvalue weighted by molar-refractivity contribution is 6.17. The molecule has 0 fully saturated rings. The van der Waals surface area contributed by atoms with Crippen molar-refractivity contribution in [1.82, 2.24) is 0 Å². The van der Waals surface area contributed by atoms with Gasteiger partial charge in [-0.15, -0.1) is 11.6 Å². The number of ether oxygens (including phenoxy) is 9. The maximum atomic E-state index is 12.3. The molecule has 1 aliphatic heterocycles. The van der Waals surface area contributed by atoms with E-state index in [4.69, 9.17) is 54.2 Å². The fourth-order valence-corrected chi connectivity index (χ4v) is 3.64. The van der Waals surface area contributed by atoms with Crippen molar-refractivity contribution in [1.29, 1.82) is 0 Å². The van der Waals surface area contributed by atoms with Crippen LogP contribution < -0.4 is 14.8 Å². The lowest BCUT2D eigenvalue weighted by atomic mass is 10.2. The lowest BCUT2D eigenvalue weighted by molar-refractivity contribution is -0.121. The number of hydrogen-bond donors (Lipinski definition) is 1. The maximum absolute atomic E-state index is 12.3. The minimum atomic E-state index is -0.280. The van der Waals surface area contributed by atoms with Gasteiger partial charge in [0.1, 0.15) is 19.8 Å². The highest BCUT2D eigenvalue weighted by atomic mass is 35.5. The molecule has 40 heavy (non-hydrogen) atoms. The van der Waals surface area contributed by atoms with Crippen molar-refractivity contribution in [3.63, 3.8) is 0 Å². The molecule has 0 spiro atoms. The molecular formula is C28H46ClNO10. The summed E-state index contributed by atoms with van der Waals surface area (Å²) in [5.74, 6) is 1.52. The molecule has 1 aromatic rings. The topological polar surface area (TPSA) is 112 Å². The molecule has 0 aliphatic carbocycles. The van der Waals surface area contributed by atoms with Gasteiger partial charge in [-0.25, -0.2) is 0 Å². The Balaban J connectivity index is 1.53. The van der Waals surface area contributed by atoms with E-state index >= 15 is 0 Å². The molecule has 0 saturated carbocycles. The van der Waals surface area contributed by atoms with Crippen LogP contribution >= 0.6 is 11.6 Å². The summed E-state index contributed by atoms with van der Waals surface area (Å²) in [6, 6.07) is 5.21. The molecule has 1 N–H and O–H groups in total. The summed E-state index contributed by atoms with van der Waals surface area (Å²) in [5, 5.41) is 2.81. The van der Waals surface area contributed by atoms with E-state index in [9.17, 15) is 4.79 Å². The van der Waals surface area contributed by atoms with Gasteiger partial charge in [0.05, 0.1) is 79.3 Å². The normalized spacial score (nSPS) is 15.2. The number of unbranched alkanes of at least 4 members (excludes halogenated alkanes) is 3. The molecular weight excluding hydrogens is 546 g/mol. The van der Waals surface area contributed by atoms with Gasteiger partial charge < -0.3 is 47.9 Å². The lowest BCUT2D eigenvalue weighted by Crippen LogP contribution is -2.20. The molecule has 230 valence electrons. The van der Waals surface area contributed by atoms with Crippen LogP contribution in [0.25, 0.3) is 0 Å². The molecule has 0 radical (unpaired) electrons. The highest BCUT2D eigenvalue weighted by Crippen LogP contribution is 2.30. The molecule has 1 aromatic carbocycles. The quantitative estimate of drug-likeness (QED) is 0.201. The van der Waals surface area contributed by atoms with Crippen molar-refractivity contribution in [3.8, 4) is 11.5 Å². The van der Waals surface area contributed by atoms with Crippen molar-refractivity contribution in [2.75, 3.05) is 117 Å². The second kappa shape index (κ2) is 25.0. The SMILES string of the molecule is O=C(COCCOCCOCCOCCCCCCCl)Nc1ccc2c(c1)OCCOCCOCCOCCO2. The summed E-state index contributed by atoms with van der Waals surface area (Å²) < 4.78 is 49.9. The first kappa shape index (κ1) is 34.5. The third-order valence-corrected chi connectivity index (χ3v) is 5.73. The average Bonchev–Trinajstić information content (AvgIpc) is 2.96. The number of carbonyl (C=O) groups excluding carboxylic acids is 1. The van der Waals surface area contributed by atoms with E-state index in [1.54, 1.807) is 18.2 Å². The van der Waals surface area contributed by atoms with Gasteiger partial charge >= 0.3 is 0 Å². The van der Waals surface area contributed by atoms with Crippen molar-refractivity contribution >= 4 is 23.2 Å². The van der Waals surface area contributed by atoms with Crippen LogP contribution in [0.4, 0.5) is 5.69 Å². The molecule has 1 aliphatic rings.